The van der Waals surface area contributed by atoms with Crippen molar-refractivity contribution >= 4 is 71.1 Å². The molecule has 0 aliphatic heterocycles. The maximum Gasteiger partial charge on any atom is 0.407 e. The summed E-state index contributed by atoms with van der Waals surface area (Å²) >= 11 is 3.41. The van der Waals surface area contributed by atoms with Gasteiger partial charge < -0.3 is 65.1 Å². The summed E-state index contributed by atoms with van der Waals surface area (Å²) in [6, 6.07) is 0.0279. The highest BCUT2D eigenvalue weighted by Gasteiger charge is 2.25. The smallest absolute Gasteiger partial charge is 0.407 e. The summed E-state index contributed by atoms with van der Waals surface area (Å²) in [5.41, 5.74) is 0. The first-order valence-corrected chi connectivity index (χ1v) is 32.0. The van der Waals surface area contributed by atoms with E-state index in [2.05, 4.69) is 45.7 Å². The number of rotatable bonds is 35. The first kappa shape index (κ1) is 89.3. The molecule has 0 rings (SSSR count). The Morgan fingerprint density at radius 2 is 0.768 bits per heavy atom. The summed E-state index contributed by atoms with van der Waals surface area (Å²) in [5, 5.41) is 16.3. The fourth-order valence-corrected chi connectivity index (χ4v) is 6.75. The molecule has 0 bridgehead atoms. The third-order valence-corrected chi connectivity index (χ3v) is 11.8. The van der Waals surface area contributed by atoms with Gasteiger partial charge in [-0.1, -0.05) is 89.5 Å². The van der Waals surface area contributed by atoms with E-state index in [0.717, 1.165) is 30.8 Å². The predicted octanol–water partition coefficient (Wildman–Crippen LogP) is 8.72. The Morgan fingerprint density at radius 1 is 0.415 bits per heavy atom. The molecule has 6 atom stereocenters. The summed E-state index contributed by atoms with van der Waals surface area (Å²) in [6.07, 6.45) is 5.43. The number of alkyl carbamates (subject to hydrolysis) is 2. The van der Waals surface area contributed by atoms with Gasteiger partial charge in [0.25, 0.3) is 0 Å². The van der Waals surface area contributed by atoms with E-state index in [9.17, 15) is 38.4 Å². The summed E-state index contributed by atoms with van der Waals surface area (Å²) in [4.78, 5) is 91.4. The minimum atomic E-state index is -0.905. The average Bonchev–Trinajstić information content (AvgIpc) is 3.39. The number of thioether (sulfide) groups is 2. The molecule has 0 aliphatic carbocycles. The second-order valence-electron chi connectivity index (χ2n) is 21.5. The van der Waals surface area contributed by atoms with E-state index in [1.54, 1.807) is 51.6 Å². The van der Waals surface area contributed by atoms with Crippen molar-refractivity contribution in [2.45, 2.75) is 188 Å². The topological polar surface area (TPSA) is 273 Å². The van der Waals surface area contributed by atoms with E-state index in [1.165, 1.54) is 0 Å². The molecule has 0 fully saturated rings. The van der Waals surface area contributed by atoms with Crippen LogP contribution in [0, 0.1) is 41.4 Å². The van der Waals surface area contributed by atoms with Crippen molar-refractivity contribution in [3.8, 4) is 0 Å². The lowest BCUT2D eigenvalue weighted by atomic mass is 10.0. The number of ether oxygens (including phenoxy) is 7. The second kappa shape index (κ2) is 60.2. The van der Waals surface area contributed by atoms with Gasteiger partial charge in [0.15, 0.2) is 5.78 Å². The van der Waals surface area contributed by atoms with E-state index >= 15 is 0 Å². The van der Waals surface area contributed by atoms with Crippen LogP contribution in [0.25, 0.3) is 0 Å². The Labute approximate surface area is 506 Å². The molecule has 82 heavy (non-hydrogen) atoms. The van der Waals surface area contributed by atoms with Crippen LogP contribution in [0.4, 0.5) is 9.59 Å². The van der Waals surface area contributed by atoms with Gasteiger partial charge in [-0.05, 0) is 86.7 Å². The van der Waals surface area contributed by atoms with Crippen LogP contribution < -0.4 is 31.9 Å². The van der Waals surface area contributed by atoms with Crippen LogP contribution in [-0.4, -0.2) is 182 Å². The normalized spacial score (nSPS) is 12.7. The van der Waals surface area contributed by atoms with E-state index in [0.29, 0.717) is 45.6 Å². The fourth-order valence-electron chi connectivity index (χ4n) is 5.44. The molecular formula is C59H120N6O15S2. The van der Waals surface area contributed by atoms with Gasteiger partial charge in [0, 0.05) is 87.4 Å². The monoisotopic (exact) mass is 1220 g/mol. The molecule has 0 radical (unpaired) electrons. The molecule has 0 aromatic rings. The molecule has 23 heteroatoms. The molecule has 6 amide bonds. The minimum absolute atomic E-state index is 0.000874. The minimum Gasteiger partial charge on any atom is -0.465 e. The van der Waals surface area contributed by atoms with Crippen molar-refractivity contribution in [1.82, 2.24) is 31.9 Å². The molecule has 6 N–H and O–H groups in total. The Balaban J connectivity index is -0.000000224. The molecule has 488 valence electrons. The first-order valence-electron chi connectivity index (χ1n) is 29.2. The zero-order chi connectivity index (χ0) is 64.8. The summed E-state index contributed by atoms with van der Waals surface area (Å²) in [5.74, 6) is 2.25. The quantitative estimate of drug-likeness (QED) is 0.0197. The molecule has 0 aliphatic rings. The number of Topliss-reactive ketones (excluding diaryl/α,β-unsaturated/α-hetero) is 1. The molecule has 0 aromatic carbocycles. The summed E-state index contributed by atoms with van der Waals surface area (Å²) in [7, 11) is 3.19. The van der Waals surface area contributed by atoms with E-state index < -0.39 is 18.2 Å². The van der Waals surface area contributed by atoms with Gasteiger partial charge in [-0.3, -0.25) is 28.8 Å². The van der Waals surface area contributed by atoms with Crippen LogP contribution in [0.1, 0.15) is 158 Å². The number of carbonyl (C=O) groups is 8. The Hall–Kier alpha value is -3.90. The van der Waals surface area contributed by atoms with Crippen LogP contribution in [0.3, 0.4) is 0 Å². The Morgan fingerprint density at radius 3 is 1.06 bits per heavy atom. The lowest BCUT2D eigenvalue weighted by molar-refractivity contribution is -0.148. The second-order valence-corrected chi connectivity index (χ2v) is 23.3. The molecule has 0 saturated heterocycles. The van der Waals surface area contributed by atoms with E-state index in [4.69, 9.17) is 33.2 Å². The fraction of sp³-hybridized carbons (Fsp3) is 0.864. The van der Waals surface area contributed by atoms with Gasteiger partial charge >= 0.3 is 18.2 Å². The third kappa shape index (κ3) is 63.7. The predicted molar refractivity (Wildman–Crippen MR) is 335 cm³/mol. The highest BCUT2D eigenvalue weighted by atomic mass is 32.2. The van der Waals surface area contributed by atoms with Gasteiger partial charge in [-0.15, -0.1) is 0 Å². The maximum atomic E-state index is 12.2. The maximum absolute atomic E-state index is 12.2. The SMILES string of the molecule is CCC(C)COC(=O)C(C)C.CCCOCCOC(=O)NCC(NC(=O)OCCOCCC)C(=O)C(C)C.COCC(C)C(=O)NC(C)C.COCC(C)C(=O)NC(C)C.CSCC(C)C(=O)NC(C)C.CSCC(C)C(=O)NC(C)C. The van der Waals surface area contributed by atoms with Crippen LogP contribution in [-0.2, 0) is 61.9 Å². The van der Waals surface area contributed by atoms with E-state index in [1.807, 2.05) is 123 Å². The molecule has 0 aromatic heterocycles. The molecule has 6 unspecified atom stereocenters. The van der Waals surface area contributed by atoms with E-state index in [-0.39, 0.29) is 121 Å². The zero-order valence-electron chi connectivity index (χ0n) is 55.5. The Kier molecular flexibility index (Phi) is 65.6. The number of amides is 6. The Bertz CT molecular complexity index is 1490. The lowest BCUT2D eigenvalue weighted by Crippen LogP contribution is -2.50. The molecule has 0 saturated carbocycles. The molecule has 0 spiro atoms. The van der Waals surface area contributed by atoms with Crippen molar-refractivity contribution in [3.05, 3.63) is 0 Å². The number of nitrogens with one attached hydrogen (secondary N) is 6. The van der Waals surface area contributed by atoms with Gasteiger partial charge in [-0.2, -0.15) is 23.5 Å². The largest absolute Gasteiger partial charge is 0.465 e. The molecular weight excluding hydrogens is 1100 g/mol. The number of hydrogen-bond donors (Lipinski definition) is 6. The molecule has 21 nitrogen and oxygen atoms in total. The van der Waals surface area contributed by atoms with Crippen molar-refractivity contribution in [2.75, 3.05) is 104 Å². The molecule has 0 heterocycles. The number of ketones is 1. The van der Waals surface area contributed by atoms with Crippen molar-refractivity contribution in [3.63, 3.8) is 0 Å². The first-order chi connectivity index (χ1) is 38.3. The average molecular weight is 1220 g/mol. The third-order valence-electron chi connectivity index (χ3n) is 10.1. The van der Waals surface area contributed by atoms with Crippen molar-refractivity contribution in [1.29, 1.82) is 0 Å². The van der Waals surface area contributed by atoms with Gasteiger partial charge in [0.2, 0.25) is 23.6 Å². The van der Waals surface area contributed by atoms with Crippen LogP contribution in [0.5, 0.6) is 0 Å². The summed E-state index contributed by atoms with van der Waals surface area (Å²) < 4.78 is 35.0. The standard InChI is InChI=1S/C18H34N2O7.C9H18O2.2C8H17NO2.2C8H17NOS/c1-5-7-24-9-11-26-17(22)19-13-15(16(21)14(3)4)20-18(23)27-12-10-25-8-6-2;1-5-8(4)6-11-9(10)7(2)3;4*1-6(2)9-8(10)7(3)5-11-4/h14-15H,5-13H2,1-4H3,(H,19,22)(H,20,23);7-8H,5-6H2,1-4H3;4*6-7H,5H2,1-4H3,(H,9,10). The number of hydrogen-bond acceptors (Lipinski definition) is 17. The highest BCUT2D eigenvalue weighted by Crippen LogP contribution is 2.07. The summed E-state index contributed by atoms with van der Waals surface area (Å²) in [6.45, 7) is 41.9. The van der Waals surface area contributed by atoms with Crippen molar-refractivity contribution in [2.24, 2.45) is 41.4 Å². The van der Waals surface area contributed by atoms with Crippen LogP contribution >= 0.6 is 23.5 Å². The zero-order valence-corrected chi connectivity index (χ0v) is 57.1. The van der Waals surface area contributed by atoms with Gasteiger partial charge in [0.05, 0.1) is 50.8 Å². The van der Waals surface area contributed by atoms with Crippen LogP contribution in [0.2, 0.25) is 0 Å². The van der Waals surface area contributed by atoms with Gasteiger partial charge in [0.1, 0.15) is 19.3 Å². The van der Waals surface area contributed by atoms with Crippen molar-refractivity contribution < 1.29 is 71.5 Å². The number of esters is 1. The lowest BCUT2D eigenvalue weighted by Gasteiger charge is -2.19. The number of methoxy groups -OCH3 is 2. The van der Waals surface area contributed by atoms with Gasteiger partial charge in [-0.25, -0.2) is 9.59 Å². The van der Waals surface area contributed by atoms with Crippen LogP contribution in [0.15, 0.2) is 0 Å². The highest BCUT2D eigenvalue weighted by molar-refractivity contribution is 7.98. The number of carbonyl (C=O) groups excluding carboxylic acids is 8.